The normalized spacial score (nSPS) is 11.1. The van der Waals surface area contributed by atoms with E-state index >= 15 is 0 Å². The number of rotatable bonds is 3. The second-order valence-electron chi connectivity index (χ2n) is 6.47. The number of aromatic nitrogens is 2. The van der Waals surface area contributed by atoms with Crippen LogP contribution in [0.4, 0.5) is 4.39 Å². The summed E-state index contributed by atoms with van der Waals surface area (Å²) in [6.45, 7) is 1.96. The van der Waals surface area contributed by atoms with Crippen LogP contribution in [0.2, 0.25) is 20.1 Å². The molecule has 29 heavy (non-hydrogen) atoms. The Kier molecular flexibility index (Phi) is 5.58. The molecule has 4 rings (SSSR count). The highest BCUT2D eigenvalue weighted by Gasteiger charge is 2.20. The fourth-order valence-corrected chi connectivity index (χ4v) is 3.76. The number of hydrogen-bond acceptors (Lipinski definition) is 1. The molecule has 0 fully saturated rings. The molecule has 0 bridgehead atoms. The molecule has 0 spiro atoms. The lowest BCUT2D eigenvalue weighted by molar-refractivity contribution is 0.627. The molecule has 1 aromatic heterocycles. The van der Waals surface area contributed by atoms with Crippen molar-refractivity contribution in [1.82, 2.24) is 9.78 Å². The molecule has 0 unspecified atom stereocenters. The first kappa shape index (κ1) is 20.2. The van der Waals surface area contributed by atoms with Crippen LogP contribution >= 0.6 is 46.4 Å². The third kappa shape index (κ3) is 3.88. The zero-order valence-electron chi connectivity index (χ0n) is 15.1. The third-order valence-electron chi connectivity index (χ3n) is 4.58. The van der Waals surface area contributed by atoms with Gasteiger partial charge in [0.15, 0.2) is 0 Å². The maximum absolute atomic E-state index is 13.5. The van der Waals surface area contributed by atoms with Crippen molar-refractivity contribution in [2.45, 2.75) is 6.92 Å². The van der Waals surface area contributed by atoms with Crippen molar-refractivity contribution in [3.63, 3.8) is 0 Å². The molecule has 2 nitrogen and oxygen atoms in total. The van der Waals surface area contributed by atoms with Gasteiger partial charge in [0.1, 0.15) is 5.82 Å². The van der Waals surface area contributed by atoms with E-state index in [1.54, 1.807) is 41.1 Å². The van der Waals surface area contributed by atoms with Crippen molar-refractivity contribution in [3.05, 3.63) is 92.1 Å². The Labute approximate surface area is 187 Å². The van der Waals surface area contributed by atoms with Gasteiger partial charge in [0.2, 0.25) is 0 Å². The maximum atomic E-state index is 13.5. The lowest BCUT2D eigenvalue weighted by Crippen LogP contribution is -2.00. The SMILES string of the molecule is Cc1c(-c2ccc(Cl)c(Cl)c2)nn(-c2ccc(F)cc2)c1-c1ccc(Cl)c(Cl)c1. The smallest absolute Gasteiger partial charge is 0.123 e. The molecule has 0 saturated carbocycles. The van der Waals surface area contributed by atoms with E-state index in [-0.39, 0.29) is 5.82 Å². The lowest BCUT2D eigenvalue weighted by atomic mass is 10.0. The fraction of sp³-hybridized carbons (Fsp3) is 0.0455. The number of nitrogens with zero attached hydrogens (tertiary/aromatic N) is 2. The van der Waals surface area contributed by atoms with Crippen molar-refractivity contribution >= 4 is 46.4 Å². The van der Waals surface area contributed by atoms with Gasteiger partial charge < -0.3 is 0 Å². The van der Waals surface area contributed by atoms with Crippen molar-refractivity contribution in [3.8, 4) is 28.2 Å². The van der Waals surface area contributed by atoms with Gasteiger partial charge in [-0.25, -0.2) is 9.07 Å². The number of hydrogen-bond donors (Lipinski definition) is 0. The third-order valence-corrected chi connectivity index (χ3v) is 6.06. The summed E-state index contributed by atoms with van der Waals surface area (Å²) in [7, 11) is 0. The van der Waals surface area contributed by atoms with Gasteiger partial charge in [-0.1, -0.05) is 58.5 Å². The Morgan fingerprint density at radius 1 is 0.724 bits per heavy atom. The second kappa shape index (κ2) is 8.00. The monoisotopic (exact) mass is 464 g/mol. The zero-order chi connectivity index (χ0) is 20.7. The van der Waals surface area contributed by atoms with E-state index in [1.807, 2.05) is 19.1 Å². The topological polar surface area (TPSA) is 17.8 Å². The Bertz CT molecular complexity index is 1220. The van der Waals surface area contributed by atoms with Gasteiger partial charge >= 0.3 is 0 Å². The quantitative estimate of drug-likeness (QED) is 0.297. The second-order valence-corrected chi connectivity index (χ2v) is 8.10. The molecule has 146 valence electrons. The largest absolute Gasteiger partial charge is 0.232 e. The first-order valence-corrected chi connectivity index (χ1v) is 10.1. The van der Waals surface area contributed by atoms with Gasteiger partial charge in [-0.15, -0.1) is 0 Å². The van der Waals surface area contributed by atoms with Gasteiger partial charge in [-0.2, -0.15) is 5.10 Å². The summed E-state index contributed by atoms with van der Waals surface area (Å²) in [5, 5.41) is 6.60. The van der Waals surface area contributed by atoms with E-state index in [0.29, 0.717) is 25.8 Å². The lowest BCUT2D eigenvalue weighted by Gasteiger charge is -2.10. The van der Waals surface area contributed by atoms with E-state index < -0.39 is 0 Å². The van der Waals surface area contributed by atoms with Crippen LogP contribution in [0.25, 0.3) is 28.2 Å². The van der Waals surface area contributed by atoms with E-state index in [0.717, 1.165) is 28.1 Å². The highest BCUT2D eigenvalue weighted by molar-refractivity contribution is 6.42. The molecule has 4 aromatic rings. The molecule has 0 radical (unpaired) electrons. The standard InChI is InChI=1S/C22H13Cl4FN2/c1-12-21(13-2-8-17(23)19(25)10-13)28-29(16-6-4-15(27)5-7-16)22(12)14-3-9-18(24)20(26)11-14/h2-11H,1H3. The molecule has 0 aliphatic carbocycles. The summed E-state index contributed by atoms with van der Waals surface area (Å²) in [5.41, 5.74) is 4.82. The summed E-state index contributed by atoms with van der Waals surface area (Å²) < 4.78 is 15.2. The molecule has 3 aromatic carbocycles. The highest BCUT2D eigenvalue weighted by Crippen LogP contribution is 2.37. The Balaban J connectivity index is 1.98. The Hall–Kier alpha value is -2.04. The maximum Gasteiger partial charge on any atom is 0.123 e. The summed E-state index contributed by atoms with van der Waals surface area (Å²) in [6.07, 6.45) is 0. The van der Waals surface area contributed by atoms with E-state index in [9.17, 15) is 4.39 Å². The summed E-state index contributed by atoms with van der Waals surface area (Å²) >= 11 is 24.6. The van der Waals surface area contributed by atoms with Gasteiger partial charge in [-0.3, -0.25) is 0 Å². The predicted octanol–water partition coefficient (Wildman–Crippen LogP) is 8.27. The first-order valence-electron chi connectivity index (χ1n) is 8.61. The molecule has 0 N–H and O–H groups in total. The minimum absolute atomic E-state index is 0.321. The summed E-state index contributed by atoms with van der Waals surface area (Å²) in [6, 6.07) is 16.9. The van der Waals surface area contributed by atoms with E-state index in [4.69, 9.17) is 51.5 Å². The first-order chi connectivity index (χ1) is 13.8. The average molecular weight is 466 g/mol. The van der Waals surface area contributed by atoms with Crippen LogP contribution in [0.1, 0.15) is 5.56 Å². The van der Waals surface area contributed by atoms with Crippen molar-refractivity contribution in [1.29, 1.82) is 0 Å². The molecular formula is C22H13Cl4FN2. The van der Waals surface area contributed by atoms with Crippen molar-refractivity contribution in [2.24, 2.45) is 0 Å². The van der Waals surface area contributed by atoms with E-state index in [2.05, 4.69) is 0 Å². The zero-order valence-corrected chi connectivity index (χ0v) is 18.1. The van der Waals surface area contributed by atoms with Crippen LogP contribution in [-0.4, -0.2) is 9.78 Å². The molecule has 0 aliphatic rings. The van der Waals surface area contributed by atoms with Gasteiger partial charge in [-0.05, 0) is 55.5 Å². The van der Waals surface area contributed by atoms with Crippen LogP contribution in [0.15, 0.2) is 60.7 Å². The number of benzene rings is 3. The Morgan fingerprint density at radius 2 is 1.28 bits per heavy atom. The molecular weight excluding hydrogens is 453 g/mol. The predicted molar refractivity (Wildman–Crippen MR) is 119 cm³/mol. The minimum atomic E-state index is -0.321. The fourth-order valence-electron chi connectivity index (χ4n) is 3.17. The molecule has 0 aliphatic heterocycles. The highest BCUT2D eigenvalue weighted by atomic mass is 35.5. The summed E-state index contributed by atoms with van der Waals surface area (Å²) in [5.74, 6) is -0.321. The molecule has 0 atom stereocenters. The van der Waals surface area contributed by atoms with Crippen LogP contribution < -0.4 is 0 Å². The van der Waals surface area contributed by atoms with Crippen LogP contribution in [0, 0.1) is 12.7 Å². The molecule has 0 amide bonds. The molecule has 1 heterocycles. The molecule has 7 heteroatoms. The Morgan fingerprint density at radius 3 is 1.86 bits per heavy atom. The van der Waals surface area contributed by atoms with Crippen molar-refractivity contribution < 1.29 is 4.39 Å². The van der Waals surface area contributed by atoms with Crippen LogP contribution in [0.3, 0.4) is 0 Å². The minimum Gasteiger partial charge on any atom is -0.232 e. The van der Waals surface area contributed by atoms with Crippen LogP contribution in [-0.2, 0) is 0 Å². The van der Waals surface area contributed by atoms with Gasteiger partial charge in [0.25, 0.3) is 0 Å². The number of halogens is 5. The van der Waals surface area contributed by atoms with Gasteiger partial charge in [0, 0.05) is 16.7 Å². The van der Waals surface area contributed by atoms with E-state index in [1.165, 1.54) is 12.1 Å². The van der Waals surface area contributed by atoms with Gasteiger partial charge in [0.05, 0.1) is 37.2 Å². The van der Waals surface area contributed by atoms with Crippen molar-refractivity contribution in [2.75, 3.05) is 0 Å². The van der Waals surface area contributed by atoms with Crippen LogP contribution in [0.5, 0.6) is 0 Å². The molecule has 0 saturated heterocycles. The average Bonchev–Trinajstić information content (AvgIpc) is 3.04. The summed E-state index contributed by atoms with van der Waals surface area (Å²) in [4.78, 5) is 0.